The molecule has 28 heavy (non-hydrogen) atoms. The first-order valence-electron chi connectivity index (χ1n) is 10.4. The number of aryl methyl sites for hydroxylation is 2. The second kappa shape index (κ2) is 8.17. The van der Waals surface area contributed by atoms with Crippen molar-refractivity contribution in [1.82, 2.24) is 10.2 Å². The third kappa shape index (κ3) is 3.96. The summed E-state index contributed by atoms with van der Waals surface area (Å²) in [6, 6.07) is 16.3. The molecule has 1 unspecified atom stereocenters. The minimum absolute atomic E-state index is 0.00356. The molecule has 0 bridgehead atoms. The number of fused-ring (bicyclic) bond motifs is 1. The molecular weight excluding hydrogens is 348 g/mol. The van der Waals surface area contributed by atoms with Gasteiger partial charge in [-0.3, -0.25) is 9.59 Å². The molecule has 0 radical (unpaired) electrons. The summed E-state index contributed by atoms with van der Waals surface area (Å²) in [6.07, 6.45) is 4.69. The van der Waals surface area contributed by atoms with Crippen molar-refractivity contribution in [1.29, 1.82) is 0 Å². The van der Waals surface area contributed by atoms with E-state index in [1.165, 1.54) is 11.1 Å². The molecule has 1 aliphatic carbocycles. The Morgan fingerprint density at radius 1 is 0.964 bits per heavy atom. The summed E-state index contributed by atoms with van der Waals surface area (Å²) in [6.45, 7) is 3.31. The van der Waals surface area contributed by atoms with E-state index in [4.69, 9.17) is 0 Å². The van der Waals surface area contributed by atoms with Crippen LogP contribution in [-0.2, 0) is 11.2 Å². The Balaban J connectivity index is 1.33. The minimum Gasteiger partial charge on any atom is -0.349 e. The third-order valence-corrected chi connectivity index (χ3v) is 6.14. The van der Waals surface area contributed by atoms with Gasteiger partial charge in [-0.05, 0) is 62.3 Å². The van der Waals surface area contributed by atoms with E-state index in [1.54, 1.807) is 0 Å². The van der Waals surface area contributed by atoms with Crippen molar-refractivity contribution < 1.29 is 9.59 Å². The molecule has 1 fully saturated rings. The molecule has 146 valence electrons. The Hall–Kier alpha value is -2.62. The zero-order valence-corrected chi connectivity index (χ0v) is 16.5. The number of nitrogens with one attached hydrogen (secondary N) is 1. The second-order valence-corrected chi connectivity index (χ2v) is 8.08. The Bertz CT molecular complexity index is 851. The number of likely N-dealkylation sites (tertiary alicyclic amines) is 1. The Morgan fingerprint density at radius 2 is 1.68 bits per heavy atom. The monoisotopic (exact) mass is 376 g/mol. The molecule has 0 aromatic heterocycles. The lowest BCUT2D eigenvalue weighted by Crippen LogP contribution is -2.44. The van der Waals surface area contributed by atoms with E-state index >= 15 is 0 Å². The number of carbonyl (C=O) groups excluding carboxylic acids is 2. The number of rotatable bonds is 3. The van der Waals surface area contributed by atoms with Gasteiger partial charge in [-0.25, -0.2) is 0 Å². The molecule has 1 atom stereocenters. The maximum absolute atomic E-state index is 12.8. The predicted molar refractivity (Wildman–Crippen MR) is 110 cm³/mol. The molecule has 4 nitrogen and oxygen atoms in total. The van der Waals surface area contributed by atoms with Crippen LogP contribution in [0.15, 0.2) is 48.5 Å². The van der Waals surface area contributed by atoms with E-state index in [0.717, 1.165) is 43.2 Å². The fourth-order valence-electron chi connectivity index (χ4n) is 4.42. The van der Waals surface area contributed by atoms with Crippen LogP contribution in [0.1, 0.15) is 58.8 Å². The van der Waals surface area contributed by atoms with Gasteiger partial charge in [-0.15, -0.1) is 0 Å². The summed E-state index contributed by atoms with van der Waals surface area (Å²) in [5.41, 5.74) is 4.51. The number of amides is 2. The Morgan fingerprint density at radius 3 is 2.43 bits per heavy atom. The van der Waals surface area contributed by atoms with Gasteiger partial charge in [0.05, 0.1) is 6.04 Å². The maximum atomic E-state index is 12.8. The van der Waals surface area contributed by atoms with Gasteiger partial charge in [0.25, 0.3) is 5.91 Å². The van der Waals surface area contributed by atoms with Crippen LogP contribution in [0, 0.1) is 12.8 Å². The minimum atomic E-state index is -0.00356. The van der Waals surface area contributed by atoms with E-state index in [9.17, 15) is 9.59 Å². The van der Waals surface area contributed by atoms with Crippen molar-refractivity contribution in [3.8, 4) is 0 Å². The molecule has 2 amide bonds. The van der Waals surface area contributed by atoms with Crippen molar-refractivity contribution in [2.24, 2.45) is 5.92 Å². The lowest BCUT2D eigenvalue weighted by Gasteiger charge is -2.33. The molecule has 1 N–H and O–H groups in total. The molecular formula is C24H28N2O2. The highest BCUT2D eigenvalue weighted by Crippen LogP contribution is 2.30. The fourth-order valence-corrected chi connectivity index (χ4v) is 4.42. The van der Waals surface area contributed by atoms with Crippen molar-refractivity contribution in [2.75, 3.05) is 13.1 Å². The molecule has 1 heterocycles. The standard InChI is InChI=1S/C24H28N2O2/c1-17-9-11-20(12-10-17)24(28)26-15-13-19(14-16-26)23(27)25-22-8-4-6-18-5-2-3-7-21(18)22/h2-3,5,7,9-12,19,22H,4,6,8,13-16H2,1H3,(H,25,27). The normalized spacial score (nSPS) is 19.8. The smallest absolute Gasteiger partial charge is 0.253 e. The first kappa shape index (κ1) is 18.7. The Labute approximate surface area is 166 Å². The summed E-state index contributed by atoms with van der Waals surface area (Å²) in [5, 5.41) is 3.28. The van der Waals surface area contributed by atoms with E-state index < -0.39 is 0 Å². The van der Waals surface area contributed by atoms with Crippen LogP contribution in [0.25, 0.3) is 0 Å². The van der Waals surface area contributed by atoms with E-state index in [0.29, 0.717) is 13.1 Å². The molecule has 0 saturated carbocycles. The van der Waals surface area contributed by atoms with Gasteiger partial charge in [0.2, 0.25) is 5.91 Å². The van der Waals surface area contributed by atoms with Gasteiger partial charge in [0, 0.05) is 24.6 Å². The van der Waals surface area contributed by atoms with E-state index in [2.05, 4.69) is 29.6 Å². The number of piperidine rings is 1. The van der Waals surface area contributed by atoms with Crippen LogP contribution >= 0.6 is 0 Å². The summed E-state index contributed by atoms with van der Waals surface area (Å²) >= 11 is 0. The average molecular weight is 377 g/mol. The topological polar surface area (TPSA) is 49.4 Å². The number of hydrogen-bond donors (Lipinski definition) is 1. The number of hydrogen-bond acceptors (Lipinski definition) is 2. The molecule has 2 aromatic carbocycles. The SMILES string of the molecule is Cc1ccc(C(=O)N2CCC(C(=O)NC3CCCc4ccccc43)CC2)cc1. The molecule has 2 aliphatic rings. The summed E-state index contributed by atoms with van der Waals surface area (Å²) in [7, 11) is 0. The number of benzene rings is 2. The summed E-state index contributed by atoms with van der Waals surface area (Å²) in [5.74, 6) is 0.209. The van der Waals surface area contributed by atoms with Crippen LogP contribution in [0.3, 0.4) is 0 Å². The first-order chi connectivity index (χ1) is 13.6. The largest absolute Gasteiger partial charge is 0.349 e. The van der Waals surface area contributed by atoms with Crippen LogP contribution in [-0.4, -0.2) is 29.8 Å². The summed E-state index contributed by atoms with van der Waals surface area (Å²) in [4.78, 5) is 27.4. The van der Waals surface area contributed by atoms with E-state index in [-0.39, 0.29) is 23.8 Å². The van der Waals surface area contributed by atoms with Crippen molar-refractivity contribution in [3.05, 3.63) is 70.8 Å². The molecule has 0 spiro atoms. The van der Waals surface area contributed by atoms with Crippen LogP contribution in [0.4, 0.5) is 0 Å². The van der Waals surface area contributed by atoms with Gasteiger partial charge in [-0.2, -0.15) is 0 Å². The highest BCUT2D eigenvalue weighted by atomic mass is 16.2. The lowest BCUT2D eigenvalue weighted by atomic mass is 9.87. The summed E-state index contributed by atoms with van der Waals surface area (Å²) < 4.78 is 0. The zero-order chi connectivity index (χ0) is 19.5. The molecule has 1 saturated heterocycles. The van der Waals surface area contributed by atoms with Crippen molar-refractivity contribution >= 4 is 11.8 Å². The lowest BCUT2D eigenvalue weighted by molar-refractivity contribution is -0.127. The van der Waals surface area contributed by atoms with Crippen LogP contribution in [0.5, 0.6) is 0 Å². The molecule has 2 aromatic rings. The Kier molecular flexibility index (Phi) is 5.47. The van der Waals surface area contributed by atoms with Gasteiger partial charge in [-0.1, -0.05) is 42.0 Å². The third-order valence-electron chi connectivity index (χ3n) is 6.14. The first-order valence-corrected chi connectivity index (χ1v) is 10.4. The van der Waals surface area contributed by atoms with Crippen LogP contribution in [0.2, 0.25) is 0 Å². The van der Waals surface area contributed by atoms with Crippen molar-refractivity contribution in [3.63, 3.8) is 0 Å². The highest BCUT2D eigenvalue weighted by Gasteiger charge is 2.30. The zero-order valence-electron chi connectivity index (χ0n) is 16.5. The van der Waals surface area contributed by atoms with Gasteiger partial charge in [0.1, 0.15) is 0 Å². The molecule has 4 rings (SSSR count). The quantitative estimate of drug-likeness (QED) is 0.879. The maximum Gasteiger partial charge on any atom is 0.253 e. The number of carbonyl (C=O) groups is 2. The predicted octanol–water partition coefficient (Wildman–Crippen LogP) is 4.04. The van der Waals surface area contributed by atoms with Gasteiger partial charge in [0.15, 0.2) is 0 Å². The molecule has 1 aliphatic heterocycles. The number of nitrogens with zero attached hydrogens (tertiary/aromatic N) is 1. The highest BCUT2D eigenvalue weighted by molar-refractivity contribution is 5.94. The van der Waals surface area contributed by atoms with Crippen molar-refractivity contribution in [2.45, 2.75) is 45.1 Å². The van der Waals surface area contributed by atoms with E-state index in [1.807, 2.05) is 36.1 Å². The van der Waals surface area contributed by atoms with Gasteiger partial charge >= 0.3 is 0 Å². The average Bonchev–Trinajstić information content (AvgIpc) is 2.74. The fraction of sp³-hybridized carbons (Fsp3) is 0.417. The molecule has 4 heteroatoms. The van der Waals surface area contributed by atoms with Crippen LogP contribution < -0.4 is 5.32 Å². The second-order valence-electron chi connectivity index (χ2n) is 8.08. The van der Waals surface area contributed by atoms with Gasteiger partial charge < -0.3 is 10.2 Å².